The molecule has 1 aliphatic rings. The highest BCUT2D eigenvalue weighted by Gasteiger charge is 2.09. The van der Waals surface area contributed by atoms with Gasteiger partial charge < -0.3 is 9.64 Å². The van der Waals surface area contributed by atoms with Crippen LogP contribution in [0.2, 0.25) is 0 Å². The predicted octanol–water partition coefficient (Wildman–Crippen LogP) is 2.50. The second-order valence-electron chi connectivity index (χ2n) is 2.46. The molecule has 0 unspecified atom stereocenters. The zero-order valence-electron chi connectivity index (χ0n) is 6.60. The summed E-state index contributed by atoms with van der Waals surface area (Å²) in [5.74, 6) is 0.861. The molecule has 1 aromatic carbocycles. The molecule has 0 saturated heterocycles. The van der Waals surface area contributed by atoms with Crippen LogP contribution in [-0.2, 0) is 0 Å². The summed E-state index contributed by atoms with van der Waals surface area (Å²) in [6, 6.07) is 7.83. The lowest BCUT2D eigenvalue weighted by molar-refractivity contribution is 0.472. The standard InChI is InChI=1S/C10H9NO/c1-2-11-7-8-12-10-6-4-3-5-9(10)11/h2-8H,1H2. The number of anilines is 1. The van der Waals surface area contributed by atoms with Crippen molar-refractivity contribution in [2.75, 3.05) is 4.90 Å². The third-order valence-electron chi connectivity index (χ3n) is 1.76. The minimum absolute atomic E-state index is 0.861. The fraction of sp³-hybridized carbons (Fsp3) is 0. The van der Waals surface area contributed by atoms with Crippen LogP contribution in [0, 0.1) is 0 Å². The van der Waals surface area contributed by atoms with Crippen LogP contribution < -0.4 is 9.64 Å². The Bertz CT molecular complexity index is 330. The van der Waals surface area contributed by atoms with Gasteiger partial charge in [0.15, 0.2) is 5.75 Å². The number of fused-ring (bicyclic) bond motifs is 1. The first-order valence-corrected chi connectivity index (χ1v) is 3.75. The summed E-state index contributed by atoms with van der Waals surface area (Å²) in [5.41, 5.74) is 1.02. The second kappa shape index (κ2) is 2.74. The van der Waals surface area contributed by atoms with Gasteiger partial charge in [0.25, 0.3) is 0 Å². The van der Waals surface area contributed by atoms with Crippen LogP contribution in [-0.4, -0.2) is 0 Å². The van der Waals surface area contributed by atoms with E-state index in [1.807, 2.05) is 35.4 Å². The van der Waals surface area contributed by atoms with Crippen molar-refractivity contribution >= 4 is 5.69 Å². The van der Waals surface area contributed by atoms with Crippen molar-refractivity contribution in [2.24, 2.45) is 0 Å². The van der Waals surface area contributed by atoms with Crippen LogP contribution in [0.15, 0.2) is 49.5 Å². The summed E-state index contributed by atoms with van der Waals surface area (Å²) >= 11 is 0. The molecule has 0 amide bonds. The van der Waals surface area contributed by atoms with Gasteiger partial charge in [-0.15, -0.1) is 0 Å². The fourth-order valence-electron chi connectivity index (χ4n) is 1.18. The monoisotopic (exact) mass is 159 g/mol. The Morgan fingerprint density at radius 3 is 3.00 bits per heavy atom. The second-order valence-corrected chi connectivity index (χ2v) is 2.46. The molecule has 60 valence electrons. The molecule has 0 spiro atoms. The molecule has 0 atom stereocenters. The average Bonchev–Trinajstić information content (AvgIpc) is 2.17. The van der Waals surface area contributed by atoms with E-state index >= 15 is 0 Å². The van der Waals surface area contributed by atoms with Gasteiger partial charge in [-0.3, -0.25) is 0 Å². The molecule has 0 radical (unpaired) electrons. The summed E-state index contributed by atoms with van der Waals surface area (Å²) < 4.78 is 5.29. The van der Waals surface area contributed by atoms with Crippen LogP contribution in [0.1, 0.15) is 0 Å². The van der Waals surface area contributed by atoms with E-state index in [-0.39, 0.29) is 0 Å². The number of benzene rings is 1. The summed E-state index contributed by atoms with van der Waals surface area (Å²) in [7, 11) is 0. The van der Waals surface area contributed by atoms with E-state index in [1.165, 1.54) is 0 Å². The van der Waals surface area contributed by atoms with Crippen molar-refractivity contribution in [2.45, 2.75) is 0 Å². The Balaban J connectivity index is 2.49. The van der Waals surface area contributed by atoms with Crippen molar-refractivity contribution in [1.29, 1.82) is 0 Å². The van der Waals surface area contributed by atoms with Crippen LogP contribution in [0.3, 0.4) is 0 Å². The quantitative estimate of drug-likeness (QED) is 0.624. The number of hydrogen-bond donors (Lipinski definition) is 0. The van der Waals surface area contributed by atoms with E-state index in [9.17, 15) is 0 Å². The first kappa shape index (κ1) is 6.98. The van der Waals surface area contributed by atoms with Gasteiger partial charge in [0, 0.05) is 12.4 Å². The zero-order chi connectivity index (χ0) is 8.39. The molecule has 12 heavy (non-hydrogen) atoms. The first-order valence-electron chi connectivity index (χ1n) is 3.75. The lowest BCUT2D eigenvalue weighted by Crippen LogP contribution is -2.11. The molecule has 1 aliphatic heterocycles. The Morgan fingerprint density at radius 2 is 2.17 bits per heavy atom. The van der Waals surface area contributed by atoms with Crippen molar-refractivity contribution in [3.63, 3.8) is 0 Å². The summed E-state index contributed by atoms with van der Waals surface area (Å²) in [5, 5.41) is 0. The Morgan fingerprint density at radius 1 is 1.33 bits per heavy atom. The molecule has 0 N–H and O–H groups in total. The maximum Gasteiger partial charge on any atom is 0.150 e. The van der Waals surface area contributed by atoms with E-state index in [2.05, 4.69) is 6.58 Å². The van der Waals surface area contributed by atoms with E-state index in [0.717, 1.165) is 11.4 Å². The highest BCUT2D eigenvalue weighted by molar-refractivity contribution is 5.63. The van der Waals surface area contributed by atoms with Crippen LogP contribution in [0.5, 0.6) is 5.75 Å². The zero-order valence-corrected chi connectivity index (χ0v) is 6.60. The summed E-state index contributed by atoms with van der Waals surface area (Å²) in [6.07, 6.45) is 5.22. The van der Waals surface area contributed by atoms with Gasteiger partial charge in [0.05, 0.1) is 5.69 Å². The number of hydrogen-bond acceptors (Lipinski definition) is 2. The minimum atomic E-state index is 0.861. The summed E-state index contributed by atoms with van der Waals surface area (Å²) in [4.78, 5) is 1.92. The van der Waals surface area contributed by atoms with Gasteiger partial charge in [0.2, 0.25) is 0 Å². The topological polar surface area (TPSA) is 12.5 Å². The number of ether oxygens (including phenoxy) is 1. The molecule has 0 aromatic heterocycles. The largest absolute Gasteiger partial charge is 0.461 e. The van der Waals surface area contributed by atoms with E-state index in [4.69, 9.17) is 4.74 Å². The van der Waals surface area contributed by atoms with Crippen molar-refractivity contribution in [3.8, 4) is 5.75 Å². The number of para-hydroxylation sites is 2. The molecule has 2 nitrogen and oxygen atoms in total. The van der Waals surface area contributed by atoms with Crippen LogP contribution >= 0.6 is 0 Å². The third kappa shape index (κ3) is 0.975. The van der Waals surface area contributed by atoms with Gasteiger partial charge in [-0.1, -0.05) is 18.7 Å². The molecule has 0 saturated carbocycles. The molecule has 2 heteroatoms. The van der Waals surface area contributed by atoms with Gasteiger partial charge >= 0.3 is 0 Å². The SMILES string of the molecule is C=CN1C=COc2ccccc21. The van der Waals surface area contributed by atoms with Gasteiger partial charge in [-0.05, 0) is 12.1 Å². The lowest BCUT2D eigenvalue weighted by atomic mass is 10.2. The maximum atomic E-state index is 5.29. The highest BCUT2D eigenvalue weighted by Crippen LogP contribution is 2.31. The molecular formula is C10H9NO. The molecule has 2 rings (SSSR count). The molecule has 0 bridgehead atoms. The molecule has 1 aromatic rings. The van der Waals surface area contributed by atoms with Gasteiger partial charge in [-0.2, -0.15) is 0 Å². The smallest absolute Gasteiger partial charge is 0.150 e. The lowest BCUT2D eigenvalue weighted by Gasteiger charge is -2.21. The van der Waals surface area contributed by atoms with E-state index in [0.29, 0.717) is 0 Å². The first-order chi connectivity index (χ1) is 5.92. The molecular weight excluding hydrogens is 150 g/mol. The summed E-state index contributed by atoms with van der Waals surface area (Å²) in [6.45, 7) is 3.70. The van der Waals surface area contributed by atoms with E-state index < -0.39 is 0 Å². The maximum absolute atomic E-state index is 5.29. The normalized spacial score (nSPS) is 13.5. The fourth-order valence-corrected chi connectivity index (χ4v) is 1.18. The Kier molecular flexibility index (Phi) is 1.59. The van der Waals surface area contributed by atoms with Crippen LogP contribution in [0.25, 0.3) is 0 Å². The third-order valence-corrected chi connectivity index (χ3v) is 1.76. The number of nitrogens with zero attached hydrogens (tertiary/aromatic N) is 1. The van der Waals surface area contributed by atoms with Crippen molar-refractivity contribution in [3.05, 3.63) is 49.5 Å². The van der Waals surface area contributed by atoms with E-state index in [1.54, 1.807) is 12.5 Å². The molecule has 0 fully saturated rings. The minimum Gasteiger partial charge on any atom is -0.461 e. The predicted molar refractivity (Wildman–Crippen MR) is 48.9 cm³/mol. The van der Waals surface area contributed by atoms with Crippen LogP contribution in [0.4, 0.5) is 5.69 Å². The molecule has 1 heterocycles. The Hall–Kier alpha value is -1.70. The van der Waals surface area contributed by atoms with Crippen molar-refractivity contribution in [1.82, 2.24) is 0 Å². The Labute approximate surface area is 71.4 Å². The van der Waals surface area contributed by atoms with Gasteiger partial charge in [0.1, 0.15) is 6.26 Å². The highest BCUT2D eigenvalue weighted by atomic mass is 16.5. The number of rotatable bonds is 1. The molecule has 0 aliphatic carbocycles. The van der Waals surface area contributed by atoms with Crippen molar-refractivity contribution < 1.29 is 4.74 Å². The van der Waals surface area contributed by atoms with Gasteiger partial charge in [-0.25, -0.2) is 0 Å². The average molecular weight is 159 g/mol.